The van der Waals surface area contributed by atoms with Crippen LogP contribution in [0.4, 0.5) is 8.78 Å². The molecule has 0 aliphatic carbocycles. The van der Waals surface area contributed by atoms with Gasteiger partial charge in [-0.25, -0.2) is 8.78 Å². The number of aliphatic imine (C=N–C) groups is 1. The quantitative estimate of drug-likeness (QED) is 0.319. The number of hydrogen-bond donors (Lipinski definition) is 1. The average Bonchev–Trinajstić information content (AvgIpc) is 3.25. The lowest BCUT2D eigenvalue weighted by Gasteiger charge is -2.35. The Morgan fingerprint density at radius 3 is 2.48 bits per heavy atom. The highest BCUT2D eigenvalue weighted by Crippen LogP contribution is 2.24. The van der Waals surface area contributed by atoms with Crippen molar-refractivity contribution in [2.24, 2.45) is 4.99 Å². The molecule has 2 heterocycles. The van der Waals surface area contributed by atoms with E-state index in [2.05, 4.69) is 15.2 Å². The van der Waals surface area contributed by atoms with Gasteiger partial charge in [0.2, 0.25) is 0 Å². The maximum absolute atomic E-state index is 14.3. The van der Waals surface area contributed by atoms with Crippen LogP contribution in [0, 0.1) is 11.6 Å². The van der Waals surface area contributed by atoms with E-state index in [9.17, 15) is 8.78 Å². The first-order valence-corrected chi connectivity index (χ1v) is 10.8. The fourth-order valence-electron chi connectivity index (χ4n) is 4.15. The molecule has 9 heteroatoms. The Morgan fingerprint density at radius 1 is 1.26 bits per heavy atom. The van der Waals surface area contributed by atoms with Gasteiger partial charge in [-0.05, 0) is 51.9 Å². The van der Waals surface area contributed by atoms with Crippen LogP contribution in [0.5, 0.6) is 0 Å². The summed E-state index contributed by atoms with van der Waals surface area (Å²) in [5.41, 5.74) is 0.0756. The zero-order chi connectivity index (χ0) is 21.5. The number of likely N-dealkylation sites (tertiary alicyclic amines) is 1. The Labute approximate surface area is 201 Å². The molecule has 2 saturated heterocycles. The molecule has 0 amide bonds. The van der Waals surface area contributed by atoms with E-state index in [1.165, 1.54) is 18.2 Å². The summed E-state index contributed by atoms with van der Waals surface area (Å²) in [6.07, 6.45) is 4.55. The van der Waals surface area contributed by atoms with Crippen LogP contribution in [0.3, 0.4) is 0 Å². The van der Waals surface area contributed by atoms with Crippen LogP contribution in [0.25, 0.3) is 0 Å². The van der Waals surface area contributed by atoms with E-state index in [4.69, 9.17) is 9.47 Å². The Balaban J connectivity index is 0.00000341. The van der Waals surface area contributed by atoms with Gasteiger partial charge in [0.25, 0.3) is 0 Å². The van der Waals surface area contributed by atoms with E-state index in [0.29, 0.717) is 13.2 Å². The van der Waals surface area contributed by atoms with Crippen LogP contribution >= 0.6 is 24.0 Å². The number of halogens is 3. The second-order valence-electron chi connectivity index (χ2n) is 8.20. The van der Waals surface area contributed by atoms with Crippen molar-refractivity contribution in [3.05, 3.63) is 35.4 Å². The smallest absolute Gasteiger partial charge is 0.193 e. The largest absolute Gasteiger partial charge is 0.376 e. The van der Waals surface area contributed by atoms with Crippen LogP contribution in [-0.4, -0.2) is 82.0 Å². The van der Waals surface area contributed by atoms with Crippen LogP contribution in [0.15, 0.2) is 23.2 Å². The van der Waals surface area contributed by atoms with E-state index in [1.54, 1.807) is 7.05 Å². The van der Waals surface area contributed by atoms with Crippen molar-refractivity contribution < 1.29 is 18.3 Å². The van der Waals surface area contributed by atoms with Crippen molar-refractivity contribution in [1.29, 1.82) is 0 Å². The summed E-state index contributed by atoms with van der Waals surface area (Å²) in [6.45, 7) is 3.54. The second kappa shape index (κ2) is 12.9. The maximum Gasteiger partial charge on any atom is 0.193 e. The molecule has 1 aromatic carbocycles. The fourth-order valence-corrected chi connectivity index (χ4v) is 4.15. The third-order valence-corrected chi connectivity index (χ3v) is 5.90. The van der Waals surface area contributed by atoms with Crippen molar-refractivity contribution >= 4 is 29.9 Å². The fraction of sp³-hybridized carbons (Fsp3) is 0.682. The van der Waals surface area contributed by atoms with Gasteiger partial charge in [-0.3, -0.25) is 4.99 Å². The summed E-state index contributed by atoms with van der Waals surface area (Å²) in [5.74, 6) is -0.319. The molecule has 0 bridgehead atoms. The number of guanidine groups is 1. The molecule has 2 aliphatic rings. The topological polar surface area (TPSA) is 49.3 Å². The average molecular weight is 552 g/mol. The predicted octanol–water partition coefficient (Wildman–Crippen LogP) is 3.42. The zero-order valence-electron chi connectivity index (χ0n) is 18.7. The van der Waals surface area contributed by atoms with E-state index < -0.39 is 17.7 Å². The summed E-state index contributed by atoms with van der Waals surface area (Å²) < 4.78 is 40.2. The molecule has 1 N–H and O–H groups in total. The van der Waals surface area contributed by atoms with Gasteiger partial charge in [0.15, 0.2) is 5.96 Å². The normalized spacial score (nSPS) is 21.3. The summed E-state index contributed by atoms with van der Waals surface area (Å²) in [5, 5.41) is 3.31. The van der Waals surface area contributed by atoms with Gasteiger partial charge in [-0.1, -0.05) is 6.07 Å². The molecule has 2 fully saturated rings. The second-order valence-corrected chi connectivity index (χ2v) is 8.20. The molecule has 2 aliphatic heterocycles. The van der Waals surface area contributed by atoms with Gasteiger partial charge >= 0.3 is 0 Å². The number of benzene rings is 1. The highest BCUT2D eigenvalue weighted by atomic mass is 127. The van der Waals surface area contributed by atoms with Gasteiger partial charge in [0.1, 0.15) is 11.6 Å². The van der Waals surface area contributed by atoms with Gasteiger partial charge in [-0.2, -0.15) is 0 Å². The summed E-state index contributed by atoms with van der Waals surface area (Å²) in [6, 6.07) is 3.53. The van der Waals surface area contributed by atoms with Crippen molar-refractivity contribution in [1.82, 2.24) is 15.1 Å². The zero-order valence-corrected chi connectivity index (χ0v) is 21.0. The Bertz CT molecular complexity index is 689. The first kappa shape index (κ1) is 26.2. The van der Waals surface area contributed by atoms with Gasteiger partial charge in [0.05, 0.1) is 24.9 Å². The van der Waals surface area contributed by atoms with Crippen LogP contribution in [0.2, 0.25) is 0 Å². The van der Waals surface area contributed by atoms with Crippen LogP contribution in [0.1, 0.15) is 37.3 Å². The molecular formula is C22H35F2IN4O2. The molecule has 2 unspecified atom stereocenters. The minimum Gasteiger partial charge on any atom is -0.376 e. The molecule has 0 aromatic heterocycles. The lowest BCUT2D eigenvalue weighted by Crippen LogP contribution is -2.49. The van der Waals surface area contributed by atoms with Crippen molar-refractivity contribution in [2.45, 2.75) is 43.9 Å². The number of nitrogens with zero attached hydrogens (tertiary/aromatic N) is 3. The SMILES string of the molecule is CN=C(NCC(c1c(F)cccc1F)N(C)C)N1CCC(OCC2CCCO2)CC1.I. The molecule has 0 saturated carbocycles. The maximum atomic E-state index is 14.3. The molecular weight excluding hydrogens is 517 g/mol. The molecule has 176 valence electrons. The molecule has 31 heavy (non-hydrogen) atoms. The Kier molecular flexibility index (Phi) is 10.9. The molecule has 6 nitrogen and oxygen atoms in total. The third-order valence-electron chi connectivity index (χ3n) is 5.90. The highest BCUT2D eigenvalue weighted by molar-refractivity contribution is 14.0. The molecule has 0 spiro atoms. The number of likely N-dealkylation sites (N-methyl/N-ethyl adjacent to an activating group) is 1. The predicted molar refractivity (Wildman–Crippen MR) is 129 cm³/mol. The summed E-state index contributed by atoms with van der Waals surface area (Å²) in [7, 11) is 5.37. The van der Waals surface area contributed by atoms with E-state index in [0.717, 1.165) is 51.3 Å². The highest BCUT2D eigenvalue weighted by Gasteiger charge is 2.26. The minimum absolute atomic E-state index is 0. The van der Waals surface area contributed by atoms with Crippen molar-refractivity contribution in [2.75, 3.05) is 54.0 Å². The lowest BCUT2D eigenvalue weighted by atomic mass is 10.0. The number of hydrogen-bond acceptors (Lipinski definition) is 4. The lowest BCUT2D eigenvalue weighted by molar-refractivity contribution is -0.0367. The monoisotopic (exact) mass is 552 g/mol. The standard InChI is InChI=1S/C22H34F2N4O2.HI/c1-25-22(26-14-20(27(2)3)21-18(23)7-4-8-19(21)24)28-11-9-16(10-12-28)30-15-17-6-5-13-29-17;/h4,7-8,16-17,20H,5-6,9-15H2,1-3H3,(H,25,26);1H. The van der Waals surface area contributed by atoms with E-state index >= 15 is 0 Å². The van der Waals surface area contributed by atoms with Gasteiger partial charge in [-0.15, -0.1) is 24.0 Å². The molecule has 0 radical (unpaired) electrons. The Hall–Kier alpha value is -1.04. The van der Waals surface area contributed by atoms with E-state index in [-0.39, 0.29) is 41.7 Å². The number of nitrogens with one attached hydrogen (secondary N) is 1. The molecule has 2 atom stereocenters. The van der Waals surface area contributed by atoms with Crippen molar-refractivity contribution in [3.8, 4) is 0 Å². The third kappa shape index (κ3) is 7.23. The molecule has 3 rings (SSSR count). The van der Waals surface area contributed by atoms with Crippen molar-refractivity contribution in [3.63, 3.8) is 0 Å². The summed E-state index contributed by atoms with van der Waals surface area (Å²) >= 11 is 0. The van der Waals surface area contributed by atoms with Crippen LogP contribution in [-0.2, 0) is 9.47 Å². The number of piperidine rings is 1. The summed E-state index contributed by atoms with van der Waals surface area (Å²) in [4.78, 5) is 8.37. The Morgan fingerprint density at radius 2 is 1.94 bits per heavy atom. The van der Waals surface area contributed by atoms with E-state index in [1.807, 2.05) is 19.0 Å². The number of rotatable bonds is 7. The molecule has 1 aromatic rings. The first-order chi connectivity index (χ1) is 14.5. The number of ether oxygens (including phenoxy) is 2. The van der Waals surface area contributed by atoms with Gasteiger partial charge in [0, 0.05) is 38.9 Å². The van der Waals surface area contributed by atoms with Crippen LogP contribution < -0.4 is 5.32 Å². The first-order valence-electron chi connectivity index (χ1n) is 10.8. The van der Waals surface area contributed by atoms with Gasteiger partial charge < -0.3 is 24.6 Å². The minimum atomic E-state index is -0.533.